The van der Waals surface area contributed by atoms with Crippen molar-refractivity contribution in [3.63, 3.8) is 0 Å². The number of aromatic hydroxyl groups is 1. The number of nitrogens with one attached hydrogen (secondary N) is 1. The van der Waals surface area contributed by atoms with Gasteiger partial charge in [-0.05, 0) is 18.2 Å². The van der Waals surface area contributed by atoms with E-state index in [4.69, 9.17) is 16.2 Å². The van der Waals surface area contributed by atoms with Crippen LogP contribution in [0.5, 0.6) is 17.4 Å². The molecule has 6 N–H and O–H groups in total. The second kappa shape index (κ2) is 5.61. The topological polar surface area (TPSA) is 147 Å². The lowest BCUT2D eigenvalue weighted by Gasteiger charge is -2.28. The van der Waals surface area contributed by atoms with Crippen molar-refractivity contribution in [3.8, 4) is 23.4 Å². The fraction of sp³-hybridized carbons (Fsp3) is 0.0625. The highest BCUT2D eigenvalue weighted by Crippen LogP contribution is 2.53. The van der Waals surface area contributed by atoms with Crippen molar-refractivity contribution in [2.75, 3.05) is 11.5 Å². The Morgan fingerprint density at radius 1 is 1.36 bits per heavy atom. The number of ether oxygens (including phenoxy) is 1. The molecular weight excluding hydrogens is 340 g/mol. The van der Waals surface area contributed by atoms with Gasteiger partial charge in [-0.1, -0.05) is 11.8 Å². The number of H-pyrrole nitrogens is 1. The molecule has 1 aromatic carbocycles. The largest absolute Gasteiger partial charge is 0.508 e. The minimum absolute atomic E-state index is 0.0164. The van der Waals surface area contributed by atoms with Crippen LogP contribution in [0.3, 0.4) is 0 Å². The monoisotopic (exact) mass is 352 g/mol. The maximum atomic E-state index is 9.89. The summed E-state index contributed by atoms with van der Waals surface area (Å²) >= 11 is 1.38. The normalized spacial score (nSPS) is 14.9. The Labute approximate surface area is 146 Å². The van der Waals surface area contributed by atoms with Crippen LogP contribution in [0.2, 0.25) is 0 Å². The summed E-state index contributed by atoms with van der Waals surface area (Å²) in [4.78, 5) is 11.4. The fourth-order valence-electron chi connectivity index (χ4n) is 2.70. The molecule has 3 heterocycles. The SMILES string of the molecule is N#Cc1c(N)nc2c(c1N)C(Sc1ncc[nH]1)c1cc(O)ccc1O2. The molecule has 0 amide bonds. The Morgan fingerprint density at radius 2 is 2.20 bits per heavy atom. The van der Waals surface area contributed by atoms with Crippen LogP contribution < -0.4 is 16.2 Å². The smallest absolute Gasteiger partial charge is 0.228 e. The number of benzene rings is 1. The van der Waals surface area contributed by atoms with Gasteiger partial charge in [0.1, 0.15) is 28.9 Å². The predicted octanol–water partition coefficient (Wildman–Crippen LogP) is 2.53. The molecule has 0 spiro atoms. The second-order valence-corrected chi connectivity index (χ2v) is 6.43. The zero-order valence-corrected chi connectivity index (χ0v) is 13.5. The van der Waals surface area contributed by atoms with Crippen molar-refractivity contribution in [3.05, 3.63) is 47.3 Å². The van der Waals surface area contributed by atoms with Gasteiger partial charge in [-0.25, -0.2) is 4.98 Å². The highest BCUT2D eigenvalue weighted by molar-refractivity contribution is 7.99. The van der Waals surface area contributed by atoms with Crippen molar-refractivity contribution in [1.82, 2.24) is 15.0 Å². The van der Waals surface area contributed by atoms with Gasteiger partial charge < -0.3 is 26.3 Å². The van der Waals surface area contributed by atoms with Crippen LogP contribution in [0.4, 0.5) is 11.5 Å². The molecule has 4 rings (SSSR count). The molecule has 0 fully saturated rings. The maximum Gasteiger partial charge on any atom is 0.228 e. The van der Waals surface area contributed by atoms with Gasteiger partial charge in [0.15, 0.2) is 5.16 Å². The van der Waals surface area contributed by atoms with Crippen LogP contribution >= 0.6 is 11.8 Å². The first-order valence-electron chi connectivity index (χ1n) is 7.24. The van der Waals surface area contributed by atoms with E-state index in [-0.39, 0.29) is 33.9 Å². The Kier molecular flexibility index (Phi) is 3.40. The van der Waals surface area contributed by atoms with E-state index in [1.54, 1.807) is 24.5 Å². The molecule has 3 aromatic rings. The first-order chi connectivity index (χ1) is 12.1. The van der Waals surface area contributed by atoms with E-state index in [2.05, 4.69) is 15.0 Å². The van der Waals surface area contributed by atoms with Crippen molar-refractivity contribution in [1.29, 1.82) is 5.26 Å². The highest BCUT2D eigenvalue weighted by Gasteiger charge is 2.34. The Balaban J connectivity index is 1.95. The number of hydrogen-bond acceptors (Lipinski definition) is 8. The number of pyridine rings is 1. The average Bonchev–Trinajstić information content (AvgIpc) is 3.08. The maximum absolute atomic E-state index is 9.89. The third-order valence-corrected chi connectivity index (χ3v) is 5.00. The summed E-state index contributed by atoms with van der Waals surface area (Å²) in [5.41, 5.74) is 13.6. The number of thioether (sulfide) groups is 1. The van der Waals surface area contributed by atoms with E-state index >= 15 is 0 Å². The van der Waals surface area contributed by atoms with Gasteiger partial charge in [-0.2, -0.15) is 10.2 Å². The summed E-state index contributed by atoms with van der Waals surface area (Å²) in [5, 5.41) is 19.5. The number of phenolic OH excluding ortho intramolecular Hbond substituents is 1. The van der Waals surface area contributed by atoms with Gasteiger partial charge in [0, 0.05) is 18.0 Å². The molecule has 8 nitrogen and oxygen atoms in total. The standard InChI is InChI=1S/C16H12N6O2S/c17-6-9-12(18)11-13(25-16-20-3-4-21-16)8-5-7(23)1-2-10(8)24-15(11)22-14(9)19/h1-5,13,23H,(H,20,21)(H4,18,19,22). The molecule has 25 heavy (non-hydrogen) atoms. The van der Waals surface area contributed by atoms with Crippen LogP contribution in [0.15, 0.2) is 35.7 Å². The second-order valence-electron chi connectivity index (χ2n) is 5.33. The third kappa shape index (κ3) is 2.40. The van der Waals surface area contributed by atoms with Gasteiger partial charge >= 0.3 is 0 Å². The Hall–Kier alpha value is -3.38. The molecular formula is C16H12N6O2S. The van der Waals surface area contributed by atoms with E-state index in [0.29, 0.717) is 22.0 Å². The quantitative estimate of drug-likeness (QED) is 0.550. The van der Waals surface area contributed by atoms with E-state index in [0.717, 1.165) is 0 Å². The Bertz CT molecular complexity index is 1010. The Morgan fingerprint density at radius 3 is 2.92 bits per heavy atom. The van der Waals surface area contributed by atoms with Crippen LogP contribution in [0.1, 0.15) is 21.9 Å². The molecule has 1 aliphatic heterocycles. The summed E-state index contributed by atoms with van der Waals surface area (Å²) in [7, 11) is 0. The number of nitrogens with two attached hydrogens (primary N) is 2. The van der Waals surface area contributed by atoms with Crippen LogP contribution in [-0.2, 0) is 0 Å². The zero-order chi connectivity index (χ0) is 17.6. The van der Waals surface area contributed by atoms with Crippen molar-refractivity contribution >= 4 is 23.3 Å². The molecule has 2 aromatic heterocycles. The summed E-state index contributed by atoms with van der Waals surface area (Å²) in [6.45, 7) is 0. The first kappa shape index (κ1) is 15.2. The number of nitriles is 1. The minimum Gasteiger partial charge on any atom is -0.508 e. The molecule has 9 heteroatoms. The van der Waals surface area contributed by atoms with Crippen molar-refractivity contribution in [2.45, 2.75) is 10.4 Å². The van der Waals surface area contributed by atoms with Gasteiger partial charge in [-0.15, -0.1) is 0 Å². The molecule has 1 atom stereocenters. The lowest BCUT2D eigenvalue weighted by molar-refractivity contribution is 0.434. The summed E-state index contributed by atoms with van der Waals surface area (Å²) in [6.07, 6.45) is 3.34. The van der Waals surface area contributed by atoms with E-state index < -0.39 is 0 Å². The van der Waals surface area contributed by atoms with E-state index in [1.807, 2.05) is 6.07 Å². The highest BCUT2D eigenvalue weighted by atomic mass is 32.2. The van der Waals surface area contributed by atoms with Crippen LogP contribution in [0, 0.1) is 11.3 Å². The molecule has 0 aliphatic carbocycles. The van der Waals surface area contributed by atoms with E-state index in [1.165, 1.54) is 17.8 Å². The number of imidazole rings is 1. The predicted molar refractivity (Wildman–Crippen MR) is 92.2 cm³/mol. The van der Waals surface area contributed by atoms with Crippen molar-refractivity contribution in [2.24, 2.45) is 0 Å². The lowest BCUT2D eigenvalue weighted by Crippen LogP contribution is -2.15. The number of phenols is 1. The summed E-state index contributed by atoms with van der Waals surface area (Å²) < 4.78 is 5.81. The van der Waals surface area contributed by atoms with E-state index in [9.17, 15) is 10.4 Å². The molecule has 0 radical (unpaired) electrons. The van der Waals surface area contributed by atoms with Crippen LogP contribution in [0.25, 0.3) is 0 Å². The summed E-state index contributed by atoms with van der Waals surface area (Å²) in [5.74, 6) is 0.891. The number of hydrogen-bond donors (Lipinski definition) is 4. The fourth-order valence-corrected chi connectivity index (χ4v) is 3.84. The molecule has 0 bridgehead atoms. The zero-order valence-electron chi connectivity index (χ0n) is 12.7. The number of rotatable bonds is 2. The molecule has 124 valence electrons. The molecule has 0 saturated heterocycles. The average molecular weight is 352 g/mol. The van der Waals surface area contributed by atoms with Crippen LogP contribution in [-0.4, -0.2) is 20.1 Å². The first-order valence-corrected chi connectivity index (χ1v) is 8.12. The number of fused-ring (bicyclic) bond motifs is 2. The minimum atomic E-state index is -0.378. The number of nitrogens with zero attached hydrogens (tertiary/aromatic N) is 3. The van der Waals surface area contributed by atoms with Gasteiger partial charge in [0.05, 0.1) is 16.5 Å². The van der Waals surface area contributed by atoms with Gasteiger partial charge in [0.2, 0.25) is 5.88 Å². The number of aromatic amines is 1. The molecule has 1 aliphatic rings. The number of anilines is 2. The summed E-state index contributed by atoms with van der Waals surface area (Å²) in [6, 6.07) is 6.75. The lowest BCUT2D eigenvalue weighted by atomic mass is 9.98. The number of aromatic nitrogens is 3. The van der Waals surface area contributed by atoms with Crippen molar-refractivity contribution < 1.29 is 9.84 Å². The molecule has 0 saturated carbocycles. The van der Waals surface area contributed by atoms with Gasteiger partial charge in [-0.3, -0.25) is 0 Å². The number of nitrogen functional groups attached to an aromatic ring is 2. The third-order valence-electron chi connectivity index (χ3n) is 3.83. The molecule has 1 unspecified atom stereocenters. The van der Waals surface area contributed by atoms with Gasteiger partial charge in [0.25, 0.3) is 0 Å².